The number of ether oxygens (including phenoxy) is 1. The van der Waals surface area contributed by atoms with Gasteiger partial charge in [0.25, 0.3) is 0 Å². The first-order chi connectivity index (χ1) is 13.1. The number of hydrogen-bond acceptors (Lipinski definition) is 2. The molecule has 1 aromatic rings. The van der Waals surface area contributed by atoms with E-state index in [9.17, 15) is 0 Å². The summed E-state index contributed by atoms with van der Waals surface area (Å²) in [5.74, 6) is 1.02. The Morgan fingerprint density at radius 2 is 1.41 bits per heavy atom. The quantitative estimate of drug-likeness (QED) is 0.367. The Labute approximate surface area is 168 Å². The van der Waals surface area contributed by atoms with Gasteiger partial charge in [0.1, 0.15) is 5.75 Å². The van der Waals surface area contributed by atoms with Crippen LogP contribution in [-0.4, -0.2) is 31.1 Å². The zero-order chi connectivity index (χ0) is 19.4. The summed E-state index contributed by atoms with van der Waals surface area (Å²) in [4.78, 5) is 2.69. The zero-order valence-electron chi connectivity index (χ0n) is 18.3. The minimum absolute atomic E-state index is 0.256. The van der Waals surface area contributed by atoms with E-state index in [4.69, 9.17) is 4.74 Å². The Kier molecular flexibility index (Phi) is 10.3. The average Bonchev–Trinajstić information content (AvgIpc) is 2.96. The highest BCUT2D eigenvalue weighted by atomic mass is 16.5. The van der Waals surface area contributed by atoms with Crippen molar-refractivity contribution in [1.29, 1.82) is 0 Å². The molecule has 0 unspecified atom stereocenters. The van der Waals surface area contributed by atoms with E-state index in [1.54, 1.807) is 0 Å². The third-order valence-corrected chi connectivity index (χ3v) is 6.36. The van der Waals surface area contributed by atoms with Crippen LogP contribution in [0.1, 0.15) is 97.0 Å². The van der Waals surface area contributed by atoms with E-state index < -0.39 is 0 Å². The normalized spacial score (nSPS) is 16.3. The van der Waals surface area contributed by atoms with Gasteiger partial charge in [0.05, 0.1) is 6.61 Å². The van der Waals surface area contributed by atoms with E-state index in [-0.39, 0.29) is 5.41 Å². The van der Waals surface area contributed by atoms with Crippen LogP contribution in [0.4, 0.5) is 0 Å². The Morgan fingerprint density at radius 3 is 2.04 bits per heavy atom. The maximum atomic E-state index is 5.92. The molecule has 1 aliphatic heterocycles. The molecule has 0 aliphatic carbocycles. The summed E-state index contributed by atoms with van der Waals surface area (Å²) >= 11 is 0. The first-order valence-corrected chi connectivity index (χ1v) is 11.6. The van der Waals surface area contributed by atoms with Gasteiger partial charge in [0.15, 0.2) is 0 Å². The molecular formula is C25H43NO. The van der Waals surface area contributed by atoms with Gasteiger partial charge in [-0.2, -0.15) is 0 Å². The van der Waals surface area contributed by atoms with Gasteiger partial charge < -0.3 is 9.64 Å². The van der Waals surface area contributed by atoms with E-state index in [0.717, 1.165) is 18.8 Å². The van der Waals surface area contributed by atoms with Crippen LogP contribution in [-0.2, 0) is 5.41 Å². The van der Waals surface area contributed by atoms with Gasteiger partial charge in [0.2, 0.25) is 0 Å². The van der Waals surface area contributed by atoms with Gasteiger partial charge in [-0.05, 0) is 74.8 Å². The van der Waals surface area contributed by atoms with E-state index in [1.807, 2.05) is 0 Å². The highest BCUT2D eigenvalue weighted by molar-refractivity contribution is 5.31. The molecule has 1 aromatic carbocycles. The summed E-state index contributed by atoms with van der Waals surface area (Å²) < 4.78 is 5.92. The van der Waals surface area contributed by atoms with Crippen LogP contribution < -0.4 is 4.74 Å². The lowest BCUT2D eigenvalue weighted by Gasteiger charge is -2.23. The van der Waals surface area contributed by atoms with Crippen molar-refractivity contribution in [2.24, 2.45) is 0 Å². The lowest BCUT2D eigenvalue weighted by Crippen LogP contribution is -2.25. The van der Waals surface area contributed by atoms with Crippen molar-refractivity contribution in [2.75, 3.05) is 26.2 Å². The molecule has 0 bridgehead atoms. The van der Waals surface area contributed by atoms with Crippen LogP contribution in [0.15, 0.2) is 24.3 Å². The Hall–Kier alpha value is -1.02. The fourth-order valence-corrected chi connectivity index (χ4v) is 3.90. The topological polar surface area (TPSA) is 12.5 Å². The molecule has 0 saturated carbocycles. The lowest BCUT2D eigenvalue weighted by atomic mass is 9.82. The van der Waals surface area contributed by atoms with Gasteiger partial charge >= 0.3 is 0 Å². The van der Waals surface area contributed by atoms with Gasteiger partial charge in [0, 0.05) is 0 Å². The van der Waals surface area contributed by atoms with Crippen molar-refractivity contribution in [1.82, 2.24) is 4.90 Å². The summed E-state index contributed by atoms with van der Waals surface area (Å²) in [6.07, 6.45) is 14.9. The van der Waals surface area contributed by atoms with Gasteiger partial charge in [-0.1, -0.05) is 71.4 Å². The van der Waals surface area contributed by atoms with E-state index in [2.05, 4.69) is 49.9 Å². The third-order valence-electron chi connectivity index (χ3n) is 6.36. The fraction of sp³-hybridized carbons (Fsp3) is 0.760. The maximum absolute atomic E-state index is 5.92. The Bertz CT molecular complexity index is 486. The molecule has 154 valence electrons. The van der Waals surface area contributed by atoms with E-state index in [0.29, 0.717) is 0 Å². The van der Waals surface area contributed by atoms with Crippen molar-refractivity contribution in [3.63, 3.8) is 0 Å². The van der Waals surface area contributed by atoms with Crippen molar-refractivity contribution < 1.29 is 4.74 Å². The minimum Gasteiger partial charge on any atom is -0.494 e. The second-order valence-electron chi connectivity index (χ2n) is 8.99. The number of nitrogens with zero attached hydrogens (tertiary/aromatic N) is 1. The maximum Gasteiger partial charge on any atom is 0.119 e. The molecular weight excluding hydrogens is 330 g/mol. The molecule has 1 fully saturated rings. The molecule has 2 rings (SSSR count). The van der Waals surface area contributed by atoms with Crippen LogP contribution in [0, 0.1) is 0 Å². The third kappa shape index (κ3) is 8.68. The molecule has 1 heterocycles. The summed E-state index contributed by atoms with van der Waals surface area (Å²) in [5.41, 5.74) is 1.66. The number of rotatable bonds is 12. The molecule has 0 N–H and O–H groups in total. The van der Waals surface area contributed by atoms with Crippen LogP contribution in [0.25, 0.3) is 0 Å². The molecule has 2 nitrogen and oxygen atoms in total. The number of unbranched alkanes of at least 4 members (excludes halogenated alkanes) is 5. The number of likely N-dealkylation sites (tertiary alicyclic amines) is 1. The first kappa shape index (κ1) is 22.3. The van der Waals surface area contributed by atoms with Crippen LogP contribution in [0.2, 0.25) is 0 Å². The van der Waals surface area contributed by atoms with Gasteiger partial charge in [-0.15, -0.1) is 0 Å². The standard InChI is InChI=1S/C25H43NO/c1-4-25(2,3)23-15-17-24(18-16-23)27-22-14-10-6-5-7-11-19-26-20-12-8-9-13-21-26/h15-18H,4-14,19-22H2,1-3H3. The highest BCUT2D eigenvalue weighted by Crippen LogP contribution is 2.28. The lowest BCUT2D eigenvalue weighted by molar-refractivity contribution is 0.276. The minimum atomic E-state index is 0.256. The molecule has 1 aliphatic rings. The van der Waals surface area contributed by atoms with Crippen LogP contribution in [0.5, 0.6) is 5.75 Å². The van der Waals surface area contributed by atoms with Crippen molar-refractivity contribution in [2.45, 2.75) is 96.8 Å². The molecule has 2 heteroatoms. The molecule has 1 saturated heterocycles. The molecule has 0 aromatic heterocycles. The van der Waals surface area contributed by atoms with Crippen LogP contribution in [0.3, 0.4) is 0 Å². The van der Waals surface area contributed by atoms with E-state index in [1.165, 1.54) is 89.4 Å². The molecule has 0 radical (unpaired) electrons. The zero-order valence-corrected chi connectivity index (χ0v) is 18.3. The monoisotopic (exact) mass is 373 g/mol. The highest BCUT2D eigenvalue weighted by Gasteiger charge is 2.17. The Morgan fingerprint density at radius 1 is 0.815 bits per heavy atom. The van der Waals surface area contributed by atoms with E-state index >= 15 is 0 Å². The number of hydrogen-bond donors (Lipinski definition) is 0. The molecule has 0 atom stereocenters. The fourth-order valence-electron chi connectivity index (χ4n) is 3.90. The van der Waals surface area contributed by atoms with Crippen molar-refractivity contribution in [3.05, 3.63) is 29.8 Å². The van der Waals surface area contributed by atoms with Gasteiger partial charge in [-0.3, -0.25) is 0 Å². The van der Waals surface area contributed by atoms with Gasteiger partial charge in [-0.25, -0.2) is 0 Å². The summed E-state index contributed by atoms with van der Waals surface area (Å²) in [6, 6.07) is 8.72. The summed E-state index contributed by atoms with van der Waals surface area (Å²) in [5, 5.41) is 0. The van der Waals surface area contributed by atoms with Crippen molar-refractivity contribution >= 4 is 0 Å². The molecule has 27 heavy (non-hydrogen) atoms. The predicted molar refractivity (Wildman–Crippen MR) is 118 cm³/mol. The second kappa shape index (κ2) is 12.4. The average molecular weight is 374 g/mol. The summed E-state index contributed by atoms with van der Waals surface area (Å²) in [6.45, 7) is 11.7. The Balaban J connectivity index is 1.46. The SMILES string of the molecule is CCC(C)(C)c1ccc(OCCCCCCCCN2CCCCCC2)cc1. The second-order valence-corrected chi connectivity index (χ2v) is 8.99. The summed E-state index contributed by atoms with van der Waals surface area (Å²) in [7, 11) is 0. The molecule has 0 amide bonds. The van der Waals surface area contributed by atoms with Crippen LogP contribution >= 0.6 is 0 Å². The first-order valence-electron chi connectivity index (χ1n) is 11.6. The predicted octanol–water partition coefficient (Wildman–Crippen LogP) is 6.97. The smallest absolute Gasteiger partial charge is 0.119 e. The number of benzene rings is 1. The van der Waals surface area contributed by atoms with Crippen molar-refractivity contribution in [3.8, 4) is 5.75 Å². The molecule has 0 spiro atoms. The largest absolute Gasteiger partial charge is 0.494 e.